The zero-order chi connectivity index (χ0) is 20.2. The average molecular weight is 412 g/mol. The van der Waals surface area contributed by atoms with Gasteiger partial charge in [-0.3, -0.25) is 4.79 Å². The molecule has 1 aromatic heterocycles. The topological polar surface area (TPSA) is 128 Å². The number of carbonyl (C=O) groups is 1. The Bertz CT molecular complexity index is 1090. The van der Waals surface area contributed by atoms with Crippen LogP contribution in [-0.4, -0.2) is 38.7 Å². The molecule has 0 radical (unpaired) electrons. The van der Waals surface area contributed by atoms with Crippen LogP contribution in [-0.2, 0) is 17.0 Å². The largest absolute Gasteiger partial charge is 0.384 e. The monoisotopic (exact) mass is 411 g/mol. The molecule has 1 aromatic carbocycles. The van der Waals surface area contributed by atoms with Gasteiger partial charge in [-0.1, -0.05) is 35.9 Å². The van der Waals surface area contributed by atoms with Gasteiger partial charge >= 0.3 is 0 Å². The highest BCUT2D eigenvalue weighted by molar-refractivity contribution is 6.33. The number of carbonyl (C=O) groups excluding carboxylic acids is 1. The van der Waals surface area contributed by atoms with Gasteiger partial charge in [0, 0.05) is 24.7 Å². The number of aliphatic hydroxyl groups excluding tert-OH is 1. The van der Waals surface area contributed by atoms with E-state index in [1.807, 2.05) is 24.3 Å². The fourth-order valence-corrected chi connectivity index (χ4v) is 4.44. The van der Waals surface area contributed by atoms with Gasteiger partial charge in [-0.2, -0.15) is 0 Å². The van der Waals surface area contributed by atoms with Crippen LogP contribution in [0.15, 0.2) is 59.2 Å². The van der Waals surface area contributed by atoms with Crippen molar-refractivity contribution in [1.82, 2.24) is 25.5 Å². The number of benzene rings is 1. The maximum atomic E-state index is 12.8. The molecule has 9 nitrogen and oxygen atoms in total. The molecule has 2 atom stereocenters. The summed E-state index contributed by atoms with van der Waals surface area (Å²) in [6.45, 7) is 1.08. The minimum Gasteiger partial charge on any atom is -0.384 e. The lowest BCUT2D eigenvalue weighted by molar-refractivity contribution is -0.117. The number of aliphatic hydroxyl groups is 1. The number of nitrogens with two attached hydrogens (primary N) is 1. The molecule has 10 heteroatoms. The number of hydrogen-bond donors (Lipinski definition) is 5. The van der Waals surface area contributed by atoms with Crippen LogP contribution in [0.3, 0.4) is 0 Å². The Balaban J connectivity index is 1.60. The lowest BCUT2D eigenvalue weighted by atomic mass is 9.89. The lowest BCUT2D eigenvalue weighted by Crippen LogP contribution is -2.61. The van der Waals surface area contributed by atoms with Gasteiger partial charge in [0.15, 0.2) is 11.9 Å². The molecule has 0 bridgehead atoms. The number of halogens is 1. The molecule has 29 heavy (non-hydrogen) atoms. The fraction of sp³-hybridized carbons (Fsp3) is 0.211. The molecule has 1 fully saturated rings. The van der Waals surface area contributed by atoms with Crippen LogP contribution in [0.2, 0.25) is 0 Å². The van der Waals surface area contributed by atoms with Gasteiger partial charge in [-0.25, -0.2) is 9.97 Å². The smallest absolute Gasteiger partial charge is 0.271 e. The number of allylic oxidation sites excluding steroid dienone is 2. The first-order valence-electron chi connectivity index (χ1n) is 9.04. The third kappa shape index (κ3) is 2.66. The second kappa shape index (κ2) is 6.45. The Morgan fingerprint density at radius 3 is 3.00 bits per heavy atom. The molecule has 148 valence electrons. The molecule has 6 N–H and O–H groups in total. The third-order valence-electron chi connectivity index (χ3n) is 5.34. The van der Waals surface area contributed by atoms with Gasteiger partial charge in [0.05, 0.1) is 10.7 Å². The molecule has 1 amide bonds. The van der Waals surface area contributed by atoms with E-state index in [1.54, 1.807) is 11.0 Å². The summed E-state index contributed by atoms with van der Waals surface area (Å²) in [6, 6.07) is 9.35. The lowest BCUT2D eigenvalue weighted by Gasteiger charge is -2.46. The summed E-state index contributed by atoms with van der Waals surface area (Å²) in [6.07, 6.45) is 1.67. The molecule has 3 aliphatic heterocycles. The fourth-order valence-electron chi connectivity index (χ4n) is 4.15. The quantitative estimate of drug-likeness (QED) is 0.484. The average Bonchev–Trinajstić information content (AvgIpc) is 2.99. The molecular weight excluding hydrogens is 394 g/mol. The molecule has 4 heterocycles. The van der Waals surface area contributed by atoms with Gasteiger partial charge in [0.2, 0.25) is 0 Å². The van der Waals surface area contributed by atoms with E-state index in [0.29, 0.717) is 24.6 Å². The van der Waals surface area contributed by atoms with E-state index in [2.05, 4.69) is 25.9 Å². The van der Waals surface area contributed by atoms with E-state index in [4.69, 9.17) is 17.3 Å². The predicted octanol–water partition coefficient (Wildman–Crippen LogP) is 0.525. The Hall–Kier alpha value is -3.14. The summed E-state index contributed by atoms with van der Waals surface area (Å²) in [5, 5.41) is 20.9. The van der Waals surface area contributed by atoms with Crippen molar-refractivity contribution < 1.29 is 9.90 Å². The predicted molar refractivity (Wildman–Crippen MR) is 107 cm³/mol. The van der Waals surface area contributed by atoms with E-state index in [9.17, 15) is 9.90 Å². The molecule has 3 aliphatic rings. The molecular formula is C19H18ClN7O2. The number of nitrogen functional groups attached to an aromatic ring is 1. The Morgan fingerprint density at radius 2 is 2.17 bits per heavy atom. The summed E-state index contributed by atoms with van der Waals surface area (Å²) >= 11 is 6.47. The van der Waals surface area contributed by atoms with Gasteiger partial charge in [-0.05, 0) is 11.6 Å². The zero-order valence-electron chi connectivity index (χ0n) is 15.2. The van der Waals surface area contributed by atoms with Crippen molar-refractivity contribution in [2.24, 2.45) is 0 Å². The van der Waals surface area contributed by atoms with Gasteiger partial charge < -0.3 is 31.7 Å². The van der Waals surface area contributed by atoms with Crippen molar-refractivity contribution in [2.45, 2.75) is 18.4 Å². The van der Waals surface area contributed by atoms with Gasteiger partial charge in [0.1, 0.15) is 23.7 Å². The maximum Gasteiger partial charge on any atom is 0.271 e. The van der Waals surface area contributed by atoms with E-state index < -0.39 is 11.9 Å². The Morgan fingerprint density at radius 1 is 1.34 bits per heavy atom. The summed E-state index contributed by atoms with van der Waals surface area (Å²) in [7, 11) is 0. The van der Waals surface area contributed by atoms with Crippen LogP contribution >= 0.6 is 11.6 Å². The standard InChI is InChI=1S/C19H18ClN7O2/c20-12-5-13(25-15-6-14(21)23-9-24-15)18(29)27-16(12)17(28)26-19(27)8-22-7-10-3-1-2-4-11(10)19/h1-6,9,18,22,29H,7-8H2,(H,26,28)(H3,21,23,24,25). The third-order valence-corrected chi connectivity index (χ3v) is 5.63. The zero-order valence-corrected chi connectivity index (χ0v) is 15.9. The Labute approximate surface area is 171 Å². The number of anilines is 2. The molecule has 1 saturated heterocycles. The van der Waals surface area contributed by atoms with Crippen molar-refractivity contribution >= 4 is 29.1 Å². The van der Waals surface area contributed by atoms with Crippen molar-refractivity contribution in [3.8, 4) is 0 Å². The van der Waals surface area contributed by atoms with Crippen LogP contribution in [0.5, 0.6) is 0 Å². The number of nitrogens with one attached hydrogen (secondary N) is 3. The normalized spacial score (nSPS) is 25.4. The molecule has 2 aromatic rings. The molecule has 0 saturated carbocycles. The first-order chi connectivity index (χ1) is 14.0. The van der Waals surface area contributed by atoms with E-state index in [0.717, 1.165) is 11.1 Å². The van der Waals surface area contributed by atoms with Crippen molar-refractivity contribution in [3.05, 3.63) is 70.3 Å². The van der Waals surface area contributed by atoms with Crippen LogP contribution in [0.4, 0.5) is 11.6 Å². The second-order valence-electron chi connectivity index (χ2n) is 7.07. The van der Waals surface area contributed by atoms with Crippen molar-refractivity contribution in [2.75, 3.05) is 17.6 Å². The number of amides is 1. The van der Waals surface area contributed by atoms with Crippen LogP contribution in [0, 0.1) is 0 Å². The molecule has 5 rings (SSSR count). The summed E-state index contributed by atoms with van der Waals surface area (Å²) in [4.78, 5) is 22.4. The molecule has 0 aliphatic carbocycles. The highest BCUT2D eigenvalue weighted by Gasteiger charge is 2.55. The van der Waals surface area contributed by atoms with Gasteiger partial charge in [0.25, 0.3) is 5.91 Å². The van der Waals surface area contributed by atoms with Crippen LogP contribution < -0.4 is 21.7 Å². The van der Waals surface area contributed by atoms with Crippen LogP contribution in [0.1, 0.15) is 11.1 Å². The van der Waals surface area contributed by atoms with Crippen molar-refractivity contribution in [3.63, 3.8) is 0 Å². The summed E-state index contributed by atoms with van der Waals surface area (Å²) in [5.74, 6) is 0.357. The molecule has 2 unspecified atom stereocenters. The summed E-state index contributed by atoms with van der Waals surface area (Å²) in [5.41, 5.74) is 7.30. The first kappa shape index (κ1) is 17.9. The Kier molecular flexibility index (Phi) is 3.98. The SMILES string of the molecule is Nc1cc(NC2=CC(Cl)=C3C(=O)NC4(CNCc5ccccc54)N3C2O)ncn1. The highest BCUT2D eigenvalue weighted by atomic mass is 35.5. The minimum absolute atomic E-state index is 0.220. The van der Waals surface area contributed by atoms with Crippen LogP contribution in [0.25, 0.3) is 0 Å². The number of hydrogen-bond acceptors (Lipinski definition) is 8. The number of aromatic nitrogens is 2. The van der Waals surface area contributed by atoms with E-state index in [1.165, 1.54) is 12.4 Å². The second-order valence-corrected chi connectivity index (χ2v) is 7.48. The van der Waals surface area contributed by atoms with E-state index >= 15 is 0 Å². The molecule has 1 spiro atoms. The minimum atomic E-state index is -1.17. The highest BCUT2D eigenvalue weighted by Crippen LogP contribution is 2.44. The van der Waals surface area contributed by atoms with Gasteiger partial charge in [-0.15, -0.1) is 0 Å². The first-order valence-corrected chi connectivity index (χ1v) is 9.42. The number of nitrogens with zero attached hydrogens (tertiary/aromatic N) is 3. The van der Waals surface area contributed by atoms with Crippen molar-refractivity contribution in [1.29, 1.82) is 0 Å². The van der Waals surface area contributed by atoms with E-state index in [-0.39, 0.29) is 22.5 Å². The number of rotatable bonds is 2. The maximum absolute atomic E-state index is 12.8. The summed E-state index contributed by atoms with van der Waals surface area (Å²) < 4.78 is 0. The number of fused-ring (bicyclic) bond motifs is 4.